The van der Waals surface area contributed by atoms with Crippen molar-refractivity contribution in [3.05, 3.63) is 24.0 Å². The molecule has 28 heavy (non-hydrogen) atoms. The largest absolute Gasteiger partial charge is 0.505 e. The molecule has 1 aliphatic rings. The molecule has 2 aromatic rings. The maximum Gasteiger partial charge on any atom is 0.360 e. The van der Waals surface area contributed by atoms with Crippen LogP contribution in [-0.4, -0.2) is 55.7 Å². The van der Waals surface area contributed by atoms with E-state index < -0.39 is 14.3 Å². The third kappa shape index (κ3) is 3.84. The minimum atomic E-state index is -1.81. The van der Waals surface area contributed by atoms with Crippen LogP contribution in [0.15, 0.2) is 18.3 Å². The number of methoxy groups -OCH3 is 1. The smallest absolute Gasteiger partial charge is 0.360 e. The van der Waals surface area contributed by atoms with Gasteiger partial charge < -0.3 is 19.2 Å². The van der Waals surface area contributed by atoms with Crippen molar-refractivity contribution in [1.29, 1.82) is 0 Å². The van der Waals surface area contributed by atoms with E-state index in [4.69, 9.17) is 4.43 Å². The van der Waals surface area contributed by atoms with Crippen molar-refractivity contribution in [3.63, 3.8) is 0 Å². The third-order valence-corrected chi connectivity index (χ3v) is 10.4. The number of aromatic hydroxyl groups is 1. The number of hydrogen-bond donors (Lipinski definition) is 1. The molecule has 0 saturated carbocycles. The van der Waals surface area contributed by atoms with Gasteiger partial charge in [0.25, 0.3) is 0 Å². The van der Waals surface area contributed by atoms with E-state index >= 15 is 0 Å². The summed E-state index contributed by atoms with van der Waals surface area (Å²) >= 11 is 0. The van der Waals surface area contributed by atoms with Crippen molar-refractivity contribution < 1.29 is 19.1 Å². The molecule has 0 spiro atoms. The van der Waals surface area contributed by atoms with Crippen molar-refractivity contribution >= 4 is 31.0 Å². The summed E-state index contributed by atoms with van der Waals surface area (Å²) in [7, 11) is -0.552. The first-order chi connectivity index (χ1) is 13.0. The van der Waals surface area contributed by atoms with Gasteiger partial charge in [0.1, 0.15) is 5.82 Å². The number of nitrogens with zero attached hydrogens (tertiary/aromatic N) is 3. The molecule has 3 heterocycles. The second kappa shape index (κ2) is 7.33. The lowest BCUT2D eigenvalue weighted by Gasteiger charge is -2.38. The van der Waals surface area contributed by atoms with Crippen molar-refractivity contribution in [1.82, 2.24) is 9.97 Å². The van der Waals surface area contributed by atoms with Gasteiger partial charge in [-0.3, -0.25) is 0 Å². The Balaban J connectivity index is 1.79. The summed E-state index contributed by atoms with van der Waals surface area (Å²) in [4.78, 5) is 22.5. The maximum absolute atomic E-state index is 11.7. The van der Waals surface area contributed by atoms with E-state index in [0.717, 1.165) is 25.3 Å². The molecular formula is C20H29N3O4Si. The van der Waals surface area contributed by atoms with E-state index in [1.54, 1.807) is 6.07 Å². The van der Waals surface area contributed by atoms with E-state index in [-0.39, 0.29) is 22.6 Å². The molecule has 0 aromatic carbocycles. The molecular weight excluding hydrogens is 374 g/mol. The summed E-state index contributed by atoms with van der Waals surface area (Å²) in [6.07, 6.45) is 2.66. The molecule has 1 N–H and O–H groups in total. The first kappa shape index (κ1) is 20.5. The molecule has 0 aliphatic carbocycles. The molecule has 2 aromatic heterocycles. The van der Waals surface area contributed by atoms with Gasteiger partial charge in [0, 0.05) is 18.5 Å². The van der Waals surface area contributed by atoms with Crippen LogP contribution >= 0.6 is 0 Å². The predicted octanol–water partition coefficient (Wildman–Crippen LogP) is 3.72. The molecule has 1 unspecified atom stereocenters. The molecule has 0 amide bonds. The van der Waals surface area contributed by atoms with Crippen LogP contribution in [0.25, 0.3) is 10.9 Å². The van der Waals surface area contributed by atoms with Gasteiger partial charge in [-0.25, -0.2) is 14.8 Å². The minimum absolute atomic E-state index is 0.103. The Morgan fingerprint density at radius 3 is 2.68 bits per heavy atom. The van der Waals surface area contributed by atoms with Crippen molar-refractivity contribution in [2.75, 3.05) is 25.1 Å². The molecule has 0 radical (unpaired) electrons. The van der Waals surface area contributed by atoms with Crippen molar-refractivity contribution in [3.8, 4) is 5.75 Å². The number of carbonyl (C=O) groups is 1. The number of aromatic nitrogens is 2. The Bertz CT molecular complexity index is 895. The van der Waals surface area contributed by atoms with Gasteiger partial charge >= 0.3 is 5.97 Å². The summed E-state index contributed by atoms with van der Waals surface area (Å²) in [6, 6.07) is 3.63. The highest BCUT2D eigenvalue weighted by Gasteiger charge is 2.40. The second-order valence-electron chi connectivity index (χ2n) is 8.78. The number of rotatable bonds is 4. The Morgan fingerprint density at radius 2 is 2.04 bits per heavy atom. The lowest BCUT2D eigenvalue weighted by molar-refractivity contribution is 0.0591. The molecule has 7 nitrogen and oxygen atoms in total. The van der Waals surface area contributed by atoms with Gasteiger partial charge in [-0.05, 0) is 36.7 Å². The van der Waals surface area contributed by atoms with Gasteiger partial charge in [0.05, 0.1) is 24.9 Å². The zero-order valence-corrected chi connectivity index (χ0v) is 18.4. The highest BCUT2D eigenvalue weighted by molar-refractivity contribution is 6.74. The average Bonchev–Trinajstić information content (AvgIpc) is 3.08. The summed E-state index contributed by atoms with van der Waals surface area (Å²) in [5.74, 6) is -0.0570. The standard InChI is InChI=1S/C20H29N3O4Si/c1-20(2,3)28(5,6)27-13-9-10-23(12-13)16-8-7-14-15(22-16)11-21-17(18(14)24)19(25)26-4/h7-8,11,13,24H,9-10,12H2,1-6H3. The molecule has 8 heteroatoms. The molecule has 0 bridgehead atoms. The monoisotopic (exact) mass is 403 g/mol. The summed E-state index contributed by atoms with van der Waals surface area (Å²) in [5, 5.41) is 11.0. The first-order valence-corrected chi connectivity index (χ1v) is 12.4. The summed E-state index contributed by atoms with van der Waals surface area (Å²) in [6.45, 7) is 13.0. The number of carbonyl (C=O) groups excluding carboxylic acids is 1. The fourth-order valence-electron chi connectivity index (χ4n) is 3.13. The quantitative estimate of drug-likeness (QED) is 0.615. The number of anilines is 1. The summed E-state index contributed by atoms with van der Waals surface area (Å²) < 4.78 is 11.2. The topological polar surface area (TPSA) is 84.8 Å². The van der Waals surface area contributed by atoms with Crippen LogP contribution in [0.5, 0.6) is 5.75 Å². The Labute approximate surface area is 166 Å². The van der Waals surface area contributed by atoms with E-state index in [9.17, 15) is 9.90 Å². The highest BCUT2D eigenvalue weighted by atomic mass is 28.4. The van der Waals surface area contributed by atoms with Gasteiger partial charge in [0.15, 0.2) is 19.8 Å². The number of hydrogen-bond acceptors (Lipinski definition) is 7. The lowest BCUT2D eigenvalue weighted by Crippen LogP contribution is -2.44. The minimum Gasteiger partial charge on any atom is -0.505 e. The van der Waals surface area contributed by atoms with Crippen LogP contribution in [0, 0.1) is 0 Å². The number of ether oxygens (including phenoxy) is 1. The predicted molar refractivity (Wildman–Crippen MR) is 111 cm³/mol. The van der Waals surface area contributed by atoms with E-state index in [1.807, 2.05) is 6.07 Å². The van der Waals surface area contributed by atoms with Gasteiger partial charge in [0.2, 0.25) is 0 Å². The van der Waals surface area contributed by atoms with Crippen LogP contribution in [0.1, 0.15) is 37.7 Å². The number of pyridine rings is 2. The van der Waals surface area contributed by atoms with Crippen LogP contribution < -0.4 is 4.90 Å². The molecule has 1 fully saturated rings. The zero-order valence-electron chi connectivity index (χ0n) is 17.4. The molecule has 3 rings (SSSR count). The van der Waals surface area contributed by atoms with Gasteiger partial charge in [-0.2, -0.15) is 0 Å². The van der Waals surface area contributed by atoms with E-state index in [1.165, 1.54) is 13.3 Å². The Morgan fingerprint density at radius 1 is 1.32 bits per heavy atom. The van der Waals surface area contributed by atoms with Crippen LogP contribution in [0.3, 0.4) is 0 Å². The average molecular weight is 404 g/mol. The van der Waals surface area contributed by atoms with E-state index in [0.29, 0.717) is 10.9 Å². The Hall–Kier alpha value is -2.19. The van der Waals surface area contributed by atoms with E-state index in [2.05, 4.69) is 53.5 Å². The first-order valence-electron chi connectivity index (χ1n) is 9.53. The number of fused-ring (bicyclic) bond motifs is 1. The van der Waals surface area contributed by atoms with Crippen LogP contribution in [0.4, 0.5) is 5.82 Å². The van der Waals surface area contributed by atoms with Crippen molar-refractivity contribution in [2.24, 2.45) is 0 Å². The molecule has 1 aliphatic heterocycles. The van der Waals surface area contributed by atoms with Gasteiger partial charge in [-0.1, -0.05) is 20.8 Å². The van der Waals surface area contributed by atoms with Crippen LogP contribution in [0.2, 0.25) is 18.1 Å². The SMILES string of the molecule is COC(=O)c1ncc2nc(N3CCC(O[Si](C)(C)C(C)(C)C)C3)ccc2c1O. The fraction of sp³-hybridized carbons (Fsp3) is 0.550. The fourth-order valence-corrected chi connectivity index (χ4v) is 4.50. The number of esters is 1. The maximum atomic E-state index is 11.7. The Kier molecular flexibility index (Phi) is 5.37. The normalized spacial score (nSPS) is 17.9. The van der Waals surface area contributed by atoms with Gasteiger partial charge in [-0.15, -0.1) is 0 Å². The summed E-state index contributed by atoms with van der Waals surface area (Å²) in [5.41, 5.74) is 0.435. The van der Waals surface area contributed by atoms with Crippen LogP contribution in [-0.2, 0) is 9.16 Å². The molecule has 1 atom stereocenters. The zero-order chi connectivity index (χ0) is 20.7. The highest BCUT2D eigenvalue weighted by Crippen LogP contribution is 2.38. The third-order valence-electron chi connectivity index (χ3n) is 5.82. The molecule has 1 saturated heterocycles. The lowest BCUT2D eigenvalue weighted by atomic mass is 10.2. The second-order valence-corrected chi connectivity index (χ2v) is 13.5. The van der Waals surface area contributed by atoms with Crippen molar-refractivity contribution in [2.45, 2.75) is 51.4 Å². The molecule has 152 valence electrons.